The molecule has 0 heterocycles. The number of methoxy groups -OCH3 is 1. The number of nitrogens with one attached hydrogen (secondary N) is 2. The molecule has 1 aromatic rings. The minimum Gasteiger partial charge on any atom is -0.385 e. The molecule has 1 atom stereocenters. The molecule has 0 spiro atoms. The molecule has 0 saturated heterocycles. The average molecular weight is 272 g/mol. The zero-order valence-corrected chi connectivity index (χ0v) is 11.0. The van der Waals surface area contributed by atoms with E-state index in [2.05, 4.69) is 10.6 Å². The van der Waals surface area contributed by atoms with Gasteiger partial charge in [0.25, 0.3) is 0 Å². The molecule has 0 fully saturated rings. The number of carbonyl (C=O) groups excluding carboxylic acids is 1. The van der Waals surface area contributed by atoms with Crippen molar-refractivity contribution in [1.82, 2.24) is 10.6 Å². The van der Waals surface area contributed by atoms with E-state index in [-0.39, 0.29) is 6.03 Å². The Morgan fingerprint density at radius 1 is 1.37 bits per heavy atom. The van der Waals surface area contributed by atoms with Gasteiger partial charge in [-0.05, 0) is 31.0 Å². The van der Waals surface area contributed by atoms with Crippen molar-refractivity contribution < 1.29 is 18.3 Å². The van der Waals surface area contributed by atoms with E-state index < -0.39 is 17.7 Å². The molecule has 1 unspecified atom stereocenters. The van der Waals surface area contributed by atoms with E-state index >= 15 is 0 Å². The van der Waals surface area contributed by atoms with Gasteiger partial charge in [0, 0.05) is 20.3 Å². The summed E-state index contributed by atoms with van der Waals surface area (Å²) in [5.74, 6) is -1.83. The van der Waals surface area contributed by atoms with Crippen molar-refractivity contribution in [2.45, 2.75) is 19.4 Å². The van der Waals surface area contributed by atoms with E-state index in [1.165, 1.54) is 6.07 Å². The Labute approximate surface area is 111 Å². The van der Waals surface area contributed by atoms with Gasteiger partial charge in [0.1, 0.15) is 0 Å². The summed E-state index contributed by atoms with van der Waals surface area (Å²) in [6, 6.07) is 2.80. The van der Waals surface area contributed by atoms with E-state index in [9.17, 15) is 13.6 Å². The maximum absolute atomic E-state index is 13.0. The van der Waals surface area contributed by atoms with E-state index in [0.29, 0.717) is 25.1 Å². The van der Waals surface area contributed by atoms with Crippen LogP contribution < -0.4 is 10.6 Å². The fourth-order valence-corrected chi connectivity index (χ4v) is 1.53. The predicted molar refractivity (Wildman–Crippen MR) is 67.8 cm³/mol. The smallest absolute Gasteiger partial charge is 0.315 e. The summed E-state index contributed by atoms with van der Waals surface area (Å²) in [5.41, 5.74) is 0.506. The van der Waals surface area contributed by atoms with Crippen molar-refractivity contribution in [2.24, 2.45) is 0 Å². The summed E-state index contributed by atoms with van der Waals surface area (Å²) < 4.78 is 30.7. The lowest BCUT2D eigenvalue weighted by Gasteiger charge is -2.15. The first-order valence-corrected chi connectivity index (χ1v) is 6.03. The van der Waals surface area contributed by atoms with Gasteiger partial charge in [0.2, 0.25) is 0 Å². The maximum atomic E-state index is 13.0. The van der Waals surface area contributed by atoms with Crippen molar-refractivity contribution in [3.8, 4) is 0 Å². The highest BCUT2D eigenvalue weighted by Crippen LogP contribution is 2.15. The SMILES string of the molecule is COCCCNC(=O)NC(C)c1ccc(F)c(F)c1. The molecular weight excluding hydrogens is 254 g/mol. The molecule has 106 valence electrons. The normalized spacial score (nSPS) is 12.0. The largest absolute Gasteiger partial charge is 0.385 e. The maximum Gasteiger partial charge on any atom is 0.315 e. The molecule has 2 amide bonds. The molecule has 2 N–H and O–H groups in total. The van der Waals surface area contributed by atoms with Gasteiger partial charge in [-0.2, -0.15) is 0 Å². The van der Waals surface area contributed by atoms with Crippen LogP contribution in [-0.4, -0.2) is 26.3 Å². The van der Waals surface area contributed by atoms with Crippen molar-refractivity contribution in [1.29, 1.82) is 0 Å². The zero-order valence-electron chi connectivity index (χ0n) is 11.0. The number of urea groups is 1. The van der Waals surface area contributed by atoms with Gasteiger partial charge in [-0.25, -0.2) is 13.6 Å². The zero-order chi connectivity index (χ0) is 14.3. The molecule has 4 nitrogen and oxygen atoms in total. The minimum atomic E-state index is -0.924. The lowest BCUT2D eigenvalue weighted by molar-refractivity contribution is 0.193. The fourth-order valence-electron chi connectivity index (χ4n) is 1.53. The Kier molecular flexibility index (Phi) is 6.21. The molecule has 0 radical (unpaired) electrons. The lowest BCUT2D eigenvalue weighted by Crippen LogP contribution is -2.37. The van der Waals surface area contributed by atoms with Crippen molar-refractivity contribution >= 4 is 6.03 Å². The Bertz CT molecular complexity index is 427. The van der Waals surface area contributed by atoms with Gasteiger partial charge in [-0.1, -0.05) is 6.07 Å². The van der Waals surface area contributed by atoms with Gasteiger partial charge < -0.3 is 15.4 Å². The molecule has 1 rings (SSSR count). The number of halogens is 2. The second kappa shape index (κ2) is 7.68. The highest BCUT2D eigenvalue weighted by atomic mass is 19.2. The fraction of sp³-hybridized carbons (Fsp3) is 0.462. The summed E-state index contributed by atoms with van der Waals surface area (Å²) in [5, 5.41) is 5.29. The monoisotopic (exact) mass is 272 g/mol. The van der Waals surface area contributed by atoms with Crippen LogP contribution in [-0.2, 0) is 4.74 Å². The Morgan fingerprint density at radius 2 is 2.11 bits per heavy atom. The quantitative estimate of drug-likeness (QED) is 0.781. The second-order valence-electron chi connectivity index (χ2n) is 4.14. The van der Waals surface area contributed by atoms with E-state index in [1.807, 2.05) is 0 Å². The van der Waals surface area contributed by atoms with Crippen LogP contribution in [0, 0.1) is 11.6 Å². The second-order valence-corrected chi connectivity index (χ2v) is 4.14. The highest BCUT2D eigenvalue weighted by Gasteiger charge is 2.11. The third-order valence-corrected chi connectivity index (χ3v) is 2.60. The van der Waals surface area contributed by atoms with Gasteiger partial charge in [-0.15, -0.1) is 0 Å². The summed E-state index contributed by atoms with van der Waals surface area (Å²) in [4.78, 5) is 11.5. The third kappa shape index (κ3) is 5.21. The standard InChI is InChI=1S/C13H18F2N2O2/c1-9(10-4-5-11(14)12(15)8-10)17-13(18)16-6-3-7-19-2/h4-5,8-9H,3,6-7H2,1-2H3,(H2,16,17,18). The van der Waals surface area contributed by atoms with Gasteiger partial charge in [-0.3, -0.25) is 0 Å². The van der Waals surface area contributed by atoms with Crippen LogP contribution >= 0.6 is 0 Å². The first-order valence-electron chi connectivity index (χ1n) is 6.03. The molecular formula is C13H18F2N2O2. The number of ether oxygens (including phenoxy) is 1. The highest BCUT2D eigenvalue weighted by molar-refractivity contribution is 5.74. The van der Waals surface area contributed by atoms with E-state index in [1.54, 1.807) is 14.0 Å². The summed E-state index contributed by atoms with van der Waals surface area (Å²) in [6.45, 7) is 2.75. The van der Waals surface area contributed by atoms with E-state index in [0.717, 1.165) is 12.1 Å². The number of rotatable bonds is 6. The van der Waals surface area contributed by atoms with E-state index in [4.69, 9.17) is 4.74 Å². The van der Waals surface area contributed by atoms with Crippen LogP contribution in [0.25, 0.3) is 0 Å². The molecule has 0 aliphatic carbocycles. The van der Waals surface area contributed by atoms with Crippen molar-refractivity contribution in [3.05, 3.63) is 35.4 Å². The molecule has 0 saturated carbocycles. The van der Waals surface area contributed by atoms with Crippen LogP contribution in [0.15, 0.2) is 18.2 Å². The summed E-state index contributed by atoms with van der Waals surface area (Å²) in [7, 11) is 1.59. The molecule has 0 bridgehead atoms. The predicted octanol–water partition coefficient (Wildman–Crippen LogP) is 2.36. The molecule has 0 aromatic heterocycles. The van der Waals surface area contributed by atoms with Crippen molar-refractivity contribution in [3.63, 3.8) is 0 Å². The van der Waals surface area contributed by atoms with Crippen LogP contribution in [0.2, 0.25) is 0 Å². The van der Waals surface area contributed by atoms with Crippen molar-refractivity contribution in [2.75, 3.05) is 20.3 Å². The number of carbonyl (C=O) groups is 1. The van der Waals surface area contributed by atoms with Crippen LogP contribution in [0.1, 0.15) is 24.9 Å². The van der Waals surface area contributed by atoms with Gasteiger partial charge in [0.05, 0.1) is 6.04 Å². The topological polar surface area (TPSA) is 50.4 Å². The summed E-state index contributed by atoms with van der Waals surface area (Å²) >= 11 is 0. The van der Waals surface area contributed by atoms with Gasteiger partial charge >= 0.3 is 6.03 Å². The summed E-state index contributed by atoms with van der Waals surface area (Å²) in [6.07, 6.45) is 0.712. The lowest BCUT2D eigenvalue weighted by atomic mass is 10.1. The third-order valence-electron chi connectivity index (χ3n) is 2.60. The Balaban J connectivity index is 2.43. The van der Waals surface area contributed by atoms with Gasteiger partial charge in [0.15, 0.2) is 11.6 Å². The molecule has 1 aromatic carbocycles. The molecule has 6 heteroatoms. The number of amides is 2. The Morgan fingerprint density at radius 3 is 2.74 bits per heavy atom. The van der Waals surface area contributed by atoms with Crippen LogP contribution in [0.4, 0.5) is 13.6 Å². The molecule has 0 aliphatic heterocycles. The average Bonchev–Trinajstić information content (AvgIpc) is 2.38. The first-order chi connectivity index (χ1) is 9.04. The van der Waals surface area contributed by atoms with Crippen LogP contribution in [0.3, 0.4) is 0 Å². The minimum absolute atomic E-state index is 0.353. The number of hydrogen-bond donors (Lipinski definition) is 2. The molecule has 0 aliphatic rings. The number of hydrogen-bond acceptors (Lipinski definition) is 2. The first kappa shape index (κ1) is 15.4. The number of benzene rings is 1. The Hall–Kier alpha value is -1.69. The van der Waals surface area contributed by atoms with Crippen LogP contribution in [0.5, 0.6) is 0 Å². The molecule has 19 heavy (non-hydrogen) atoms.